The van der Waals surface area contributed by atoms with E-state index in [0.717, 1.165) is 35.7 Å². The van der Waals surface area contributed by atoms with Gasteiger partial charge in [-0.25, -0.2) is 16.8 Å². The molecule has 10 nitrogen and oxygen atoms in total. The van der Waals surface area contributed by atoms with Gasteiger partial charge in [0.25, 0.3) is 0 Å². The first kappa shape index (κ1) is 33.7. The first-order valence-electron chi connectivity index (χ1n) is 10.4. The topological polar surface area (TPSA) is 173 Å². The van der Waals surface area contributed by atoms with Crippen LogP contribution in [0.2, 0.25) is 0 Å². The minimum absolute atomic E-state index is 0. The quantitative estimate of drug-likeness (QED) is 0.205. The second-order valence-electron chi connectivity index (χ2n) is 7.88. The molecule has 0 atom stereocenters. The van der Waals surface area contributed by atoms with Gasteiger partial charge in [-0.1, -0.05) is 37.3 Å². The van der Waals surface area contributed by atoms with Crippen molar-refractivity contribution >= 4 is 48.5 Å². The fourth-order valence-electron chi connectivity index (χ4n) is 3.59. The molecule has 0 radical (unpaired) electrons. The molecule has 0 aromatic heterocycles. The third-order valence-corrected chi connectivity index (χ3v) is 6.99. The average molecular weight is 565 g/mol. The van der Waals surface area contributed by atoms with E-state index in [4.69, 9.17) is 0 Å². The number of nitrogens with one attached hydrogen (secondary N) is 2. The van der Waals surface area contributed by atoms with E-state index in [1.807, 2.05) is 31.2 Å². The number of amides is 2. The van der Waals surface area contributed by atoms with Gasteiger partial charge in [-0.15, -0.1) is 0 Å². The number of benzene rings is 3. The third kappa shape index (κ3) is 8.85. The minimum Gasteiger partial charge on any atom is -0.744 e. The third-order valence-electron chi connectivity index (χ3n) is 5.24. The molecule has 0 saturated carbocycles. The van der Waals surface area contributed by atoms with Gasteiger partial charge in [0.15, 0.2) is 0 Å². The summed E-state index contributed by atoms with van der Waals surface area (Å²) in [5.74, 6) is -1.19. The first-order valence-corrected chi connectivity index (χ1v) is 13.2. The molecule has 3 aromatic rings. The Bertz CT molecular complexity index is 1520. The van der Waals surface area contributed by atoms with Crippen LogP contribution in [0.5, 0.6) is 0 Å². The van der Waals surface area contributed by atoms with Crippen LogP contribution in [0.1, 0.15) is 23.6 Å². The molecular weight excluding hydrogens is 542 g/mol. The van der Waals surface area contributed by atoms with Crippen molar-refractivity contribution in [2.75, 3.05) is 11.9 Å². The number of carbonyl (C=O) groups excluding carboxylic acids is 2. The summed E-state index contributed by atoms with van der Waals surface area (Å²) >= 11 is 0. The van der Waals surface area contributed by atoms with E-state index in [-0.39, 0.29) is 82.2 Å². The maximum absolute atomic E-state index is 12.5. The zero-order valence-electron chi connectivity index (χ0n) is 20.8. The molecular formula is C23H22N2Na2O8S2. The molecule has 3 rings (SSSR count). The van der Waals surface area contributed by atoms with Gasteiger partial charge in [0.2, 0.25) is 11.8 Å². The predicted molar refractivity (Wildman–Crippen MR) is 126 cm³/mol. The summed E-state index contributed by atoms with van der Waals surface area (Å²) in [6.45, 7) is 2.96. The molecule has 0 unspecified atom stereocenters. The molecule has 0 spiro atoms. The van der Waals surface area contributed by atoms with E-state index < -0.39 is 53.8 Å². The van der Waals surface area contributed by atoms with Crippen molar-refractivity contribution in [3.63, 3.8) is 0 Å². The Morgan fingerprint density at radius 1 is 0.811 bits per heavy atom. The average Bonchev–Trinajstić information content (AvgIpc) is 2.76. The van der Waals surface area contributed by atoms with Crippen molar-refractivity contribution in [2.24, 2.45) is 0 Å². The molecule has 0 fully saturated rings. The summed E-state index contributed by atoms with van der Waals surface area (Å²) < 4.78 is 70.7. The number of aryl methyl sites for hydroxylation is 2. The van der Waals surface area contributed by atoms with Gasteiger partial charge in [-0.05, 0) is 48.2 Å². The zero-order chi connectivity index (χ0) is 26.0. The van der Waals surface area contributed by atoms with Crippen LogP contribution in [0.25, 0.3) is 10.8 Å². The summed E-state index contributed by atoms with van der Waals surface area (Å²) in [6.07, 6.45) is 0.895. The van der Waals surface area contributed by atoms with Crippen molar-refractivity contribution in [1.29, 1.82) is 0 Å². The SMILES string of the molecule is CCc1ccc(CC(=O)NCC(=O)Nc2ccc(S(=O)(=O)[O-])c3cc(C)cc(S(=O)(=O)[O-])c23)cc1.[Na+].[Na+]. The van der Waals surface area contributed by atoms with Gasteiger partial charge in [0.05, 0.1) is 22.8 Å². The van der Waals surface area contributed by atoms with Crippen molar-refractivity contribution in [2.45, 2.75) is 36.5 Å². The van der Waals surface area contributed by atoms with Gasteiger partial charge in [0, 0.05) is 16.5 Å². The molecule has 0 heterocycles. The van der Waals surface area contributed by atoms with Crippen molar-refractivity contribution in [1.82, 2.24) is 5.32 Å². The van der Waals surface area contributed by atoms with Gasteiger partial charge in [-0.3, -0.25) is 9.59 Å². The van der Waals surface area contributed by atoms with Crippen LogP contribution in [-0.2, 0) is 42.7 Å². The minimum atomic E-state index is -5.11. The normalized spacial score (nSPS) is 11.2. The Morgan fingerprint density at radius 2 is 1.38 bits per heavy atom. The second-order valence-corrected chi connectivity index (χ2v) is 10.6. The van der Waals surface area contributed by atoms with Gasteiger partial charge < -0.3 is 19.7 Å². The van der Waals surface area contributed by atoms with Gasteiger partial charge in [-0.2, -0.15) is 0 Å². The Labute approximate surface area is 259 Å². The molecule has 0 saturated heterocycles. The molecule has 37 heavy (non-hydrogen) atoms. The first-order chi connectivity index (χ1) is 16.3. The predicted octanol–water partition coefficient (Wildman–Crippen LogP) is -4.18. The summed E-state index contributed by atoms with van der Waals surface area (Å²) in [6, 6.07) is 11.6. The largest absolute Gasteiger partial charge is 1.00 e. The fourth-order valence-corrected chi connectivity index (χ4v) is 5.06. The molecule has 3 aromatic carbocycles. The van der Waals surface area contributed by atoms with Gasteiger partial charge >= 0.3 is 59.1 Å². The smallest absolute Gasteiger partial charge is 0.744 e. The van der Waals surface area contributed by atoms with E-state index in [1.54, 1.807) is 0 Å². The summed E-state index contributed by atoms with van der Waals surface area (Å²) in [4.78, 5) is 23.2. The van der Waals surface area contributed by atoms with Crippen LogP contribution < -0.4 is 69.7 Å². The zero-order valence-corrected chi connectivity index (χ0v) is 26.5. The van der Waals surface area contributed by atoms with Crippen molar-refractivity contribution in [3.05, 3.63) is 65.2 Å². The van der Waals surface area contributed by atoms with Crippen molar-refractivity contribution < 1.29 is 94.6 Å². The Hall–Kier alpha value is -1.32. The molecule has 0 aliphatic heterocycles. The molecule has 186 valence electrons. The number of hydrogen-bond donors (Lipinski definition) is 2. The van der Waals surface area contributed by atoms with Gasteiger partial charge in [0.1, 0.15) is 20.2 Å². The van der Waals surface area contributed by atoms with E-state index in [9.17, 15) is 35.5 Å². The van der Waals surface area contributed by atoms with Crippen LogP contribution in [-0.4, -0.2) is 44.3 Å². The number of hydrogen-bond acceptors (Lipinski definition) is 8. The van der Waals surface area contributed by atoms with Crippen molar-refractivity contribution in [3.8, 4) is 0 Å². The Kier molecular flexibility index (Phi) is 12.4. The Morgan fingerprint density at radius 3 is 1.92 bits per heavy atom. The van der Waals surface area contributed by atoms with E-state index in [0.29, 0.717) is 0 Å². The molecule has 0 bridgehead atoms. The number of fused-ring (bicyclic) bond motifs is 1. The van der Waals surface area contributed by atoms with E-state index in [1.165, 1.54) is 13.0 Å². The van der Waals surface area contributed by atoms with Crippen LogP contribution >= 0.6 is 0 Å². The molecule has 0 aliphatic rings. The molecule has 0 aliphatic carbocycles. The summed E-state index contributed by atoms with van der Waals surface area (Å²) in [5, 5.41) is 4.10. The maximum atomic E-state index is 12.5. The maximum Gasteiger partial charge on any atom is 1.00 e. The van der Waals surface area contributed by atoms with Crippen LogP contribution in [0.3, 0.4) is 0 Å². The number of anilines is 1. The standard InChI is InChI=1S/C23H24N2O8S2.2Na/c1-3-15-4-6-16(7-5-15)12-21(26)24-13-22(27)25-18-8-9-19(34(28,29)30)17-10-14(2)11-20(23(17)18)35(31,32)33;;/h4-11H,3,12-13H2,1-2H3,(H,24,26)(H,25,27)(H,28,29,30)(H,31,32,33);;/q;2*+1/p-2. The van der Waals surface area contributed by atoms with E-state index in [2.05, 4.69) is 10.6 Å². The Balaban J connectivity index is 0.00000342. The van der Waals surface area contributed by atoms with Crippen LogP contribution in [0, 0.1) is 6.92 Å². The molecule has 2 N–H and O–H groups in total. The monoisotopic (exact) mass is 564 g/mol. The molecule has 14 heteroatoms. The van der Waals surface area contributed by atoms with Crippen LogP contribution in [0.4, 0.5) is 5.69 Å². The summed E-state index contributed by atoms with van der Waals surface area (Å²) in [5.41, 5.74) is 1.89. The second kappa shape index (κ2) is 13.7. The van der Waals surface area contributed by atoms with Crippen LogP contribution in [0.15, 0.2) is 58.3 Å². The number of rotatable bonds is 8. The van der Waals surface area contributed by atoms with E-state index >= 15 is 0 Å². The number of carbonyl (C=O) groups is 2. The molecule has 2 amide bonds. The summed E-state index contributed by atoms with van der Waals surface area (Å²) in [7, 11) is -10.1. The fraction of sp³-hybridized carbons (Fsp3) is 0.217.